The number of nitrogens with two attached hydrogens (primary N) is 1. The Morgan fingerprint density at radius 3 is 2.83 bits per heavy atom. The van der Waals surface area contributed by atoms with Crippen LogP contribution in [0.15, 0.2) is 27.4 Å². The van der Waals surface area contributed by atoms with E-state index in [0.29, 0.717) is 11.1 Å². The van der Waals surface area contributed by atoms with Gasteiger partial charge in [-0.05, 0) is 30.5 Å². The third kappa shape index (κ3) is 1.32. The fourth-order valence-corrected chi connectivity index (χ4v) is 2.34. The van der Waals surface area contributed by atoms with Crippen molar-refractivity contribution < 1.29 is 9.21 Å². The summed E-state index contributed by atoms with van der Waals surface area (Å²) in [5.41, 5.74) is 3.70. The number of hydrogen-bond donors (Lipinski definition) is 2. The largest absolute Gasteiger partial charge is 0.419 e. The number of hydrazine groups is 1. The molecule has 3 rings (SSSR count). The van der Waals surface area contributed by atoms with Crippen LogP contribution >= 0.6 is 0 Å². The van der Waals surface area contributed by atoms with Crippen LogP contribution in [0.1, 0.15) is 18.4 Å². The number of fused-ring (bicyclic) bond motifs is 1. The maximum atomic E-state index is 11.8. The molecule has 2 aromatic rings. The first-order chi connectivity index (χ1) is 8.58. The first-order valence-corrected chi connectivity index (χ1v) is 5.69. The highest BCUT2D eigenvalue weighted by Gasteiger charge is 2.51. The molecule has 0 bridgehead atoms. The Kier molecular flexibility index (Phi) is 2.12. The molecule has 0 atom stereocenters. The molecule has 1 amide bonds. The number of aromatic nitrogens is 1. The van der Waals surface area contributed by atoms with Crippen LogP contribution in [-0.2, 0) is 17.3 Å². The minimum atomic E-state index is -0.544. The van der Waals surface area contributed by atoms with Crippen molar-refractivity contribution in [2.24, 2.45) is 12.9 Å². The number of carbonyl (C=O) groups is 1. The first-order valence-electron chi connectivity index (χ1n) is 5.69. The summed E-state index contributed by atoms with van der Waals surface area (Å²) in [6.45, 7) is 0. The second-order valence-electron chi connectivity index (χ2n) is 4.67. The number of amides is 1. The molecule has 6 nitrogen and oxygen atoms in total. The summed E-state index contributed by atoms with van der Waals surface area (Å²) in [4.78, 5) is 23.2. The van der Waals surface area contributed by atoms with Gasteiger partial charge >= 0.3 is 5.76 Å². The Bertz CT molecular complexity index is 694. The van der Waals surface area contributed by atoms with E-state index in [2.05, 4.69) is 5.43 Å². The summed E-state index contributed by atoms with van der Waals surface area (Å²) < 4.78 is 6.55. The summed E-state index contributed by atoms with van der Waals surface area (Å²) in [5.74, 6) is 4.60. The normalized spacial score (nSPS) is 16.8. The molecule has 0 aliphatic heterocycles. The monoisotopic (exact) mass is 247 g/mol. The third-order valence-electron chi connectivity index (χ3n) is 3.66. The van der Waals surface area contributed by atoms with Crippen molar-refractivity contribution in [3.8, 4) is 0 Å². The van der Waals surface area contributed by atoms with Crippen molar-refractivity contribution in [2.45, 2.75) is 18.3 Å². The Labute approximate surface area is 102 Å². The highest BCUT2D eigenvalue weighted by Crippen LogP contribution is 2.48. The molecule has 0 unspecified atom stereocenters. The molecule has 94 valence electrons. The van der Waals surface area contributed by atoms with Gasteiger partial charge in [0, 0.05) is 7.05 Å². The first kappa shape index (κ1) is 11.0. The van der Waals surface area contributed by atoms with E-state index in [4.69, 9.17) is 10.3 Å². The van der Waals surface area contributed by atoms with Gasteiger partial charge in [-0.25, -0.2) is 10.6 Å². The molecule has 0 radical (unpaired) electrons. The second-order valence-corrected chi connectivity index (χ2v) is 4.67. The van der Waals surface area contributed by atoms with Gasteiger partial charge in [0.2, 0.25) is 5.91 Å². The summed E-state index contributed by atoms with van der Waals surface area (Å²) in [7, 11) is 1.65. The van der Waals surface area contributed by atoms with E-state index in [-0.39, 0.29) is 5.91 Å². The lowest BCUT2D eigenvalue weighted by atomic mass is 9.95. The van der Waals surface area contributed by atoms with Crippen molar-refractivity contribution in [1.29, 1.82) is 0 Å². The summed E-state index contributed by atoms with van der Waals surface area (Å²) >= 11 is 0. The molecule has 1 heterocycles. The van der Waals surface area contributed by atoms with E-state index < -0.39 is 11.2 Å². The number of nitrogens with one attached hydrogen (secondary N) is 1. The lowest BCUT2D eigenvalue weighted by Gasteiger charge is -2.13. The summed E-state index contributed by atoms with van der Waals surface area (Å²) in [5, 5.41) is 0. The average molecular weight is 247 g/mol. The molecule has 0 spiro atoms. The number of hydrogen-bond acceptors (Lipinski definition) is 4. The topological polar surface area (TPSA) is 90.3 Å². The Balaban J connectivity index is 2.15. The van der Waals surface area contributed by atoms with E-state index in [1.165, 1.54) is 4.57 Å². The highest BCUT2D eigenvalue weighted by molar-refractivity contribution is 5.92. The van der Waals surface area contributed by atoms with Gasteiger partial charge in [0.25, 0.3) is 0 Å². The van der Waals surface area contributed by atoms with Crippen LogP contribution in [0.3, 0.4) is 0 Å². The van der Waals surface area contributed by atoms with Crippen LogP contribution in [0, 0.1) is 0 Å². The van der Waals surface area contributed by atoms with E-state index >= 15 is 0 Å². The van der Waals surface area contributed by atoms with Crippen LogP contribution in [0.5, 0.6) is 0 Å². The number of carbonyl (C=O) groups excluding carboxylic acids is 1. The quantitative estimate of drug-likeness (QED) is 0.449. The lowest BCUT2D eigenvalue weighted by molar-refractivity contribution is -0.123. The fraction of sp³-hybridized carbons (Fsp3) is 0.333. The standard InChI is InChI=1S/C12H13N3O3/c1-15-8-3-2-7(6-9(8)18-11(15)17)12(4-5-12)10(16)14-13/h2-3,6H,4-5,13H2,1H3,(H,14,16). The molecule has 1 saturated carbocycles. The summed E-state index contributed by atoms with van der Waals surface area (Å²) in [6.07, 6.45) is 1.53. The minimum Gasteiger partial charge on any atom is -0.408 e. The molecule has 0 saturated heterocycles. The zero-order chi connectivity index (χ0) is 12.9. The Morgan fingerprint density at radius 1 is 1.50 bits per heavy atom. The van der Waals surface area contributed by atoms with Crippen molar-refractivity contribution in [1.82, 2.24) is 9.99 Å². The SMILES string of the molecule is Cn1c(=O)oc2cc(C3(C(=O)NN)CC3)ccc21. The van der Waals surface area contributed by atoms with Gasteiger partial charge in [-0.3, -0.25) is 14.8 Å². The van der Waals surface area contributed by atoms with E-state index in [1.807, 2.05) is 6.07 Å². The van der Waals surface area contributed by atoms with Crippen molar-refractivity contribution in [3.63, 3.8) is 0 Å². The van der Waals surface area contributed by atoms with Crippen molar-refractivity contribution >= 4 is 17.0 Å². The molecule has 1 aliphatic carbocycles. The molecule has 18 heavy (non-hydrogen) atoms. The molecule has 1 aliphatic rings. The highest BCUT2D eigenvalue weighted by atomic mass is 16.4. The molecule has 3 N–H and O–H groups in total. The van der Waals surface area contributed by atoms with Crippen LogP contribution < -0.4 is 17.0 Å². The van der Waals surface area contributed by atoms with Gasteiger partial charge in [0.05, 0.1) is 10.9 Å². The predicted molar refractivity (Wildman–Crippen MR) is 64.7 cm³/mol. The molecule has 1 aromatic carbocycles. The van der Waals surface area contributed by atoms with Gasteiger partial charge in [-0.1, -0.05) is 6.07 Å². The van der Waals surface area contributed by atoms with E-state index in [0.717, 1.165) is 18.4 Å². The number of rotatable bonds is 2. The Hall–Kier alpha value is -2.08. The number of nitrogens with zero attached hydrogens (tertiary/aromatic N) is 1. The fourth-order valence-electron chi connectivity index (χ4n) is 2.34. The number of oxazole rings is 1. The van der Waals surface area contributed by atoms with Gasteiger partial charge in [0.15, 0.2) is 5.58 Å². The van der Waals surface area contributed by atoms with Crippen LogP contribution in [-0.4, -0.2) is 10.5 Å². The van der Waals surface area contributed by atoms with Gasteiger partial charge < -0.3 is 4.42 Å². The van der Waals surface area contributed by atoms with Crippen LogP contribution in [0.2, 0.25) is 0 Å². The zero-order valence-electron chi connectivity index (χ0n) is 9.90. The van der Waals surface area contributed by atoms with Crippen molar-refractivity contribution in [3.05, 3.63) is 34.3 Å². The predicted octanol–water partition coefficient (Wildman–Crippen LogP) is 0.153. The zero-order valence-corrected chi connectivity index (χ0v) is 9.90. The molecular formula is C12H13N3O3. The lowest BCUT2D eigenvalue weighted by Crippen LogP contribution is -2.39. The third-order valence-corrected chi connectivity index (χ3v) is 3.66. The molecule has 6 heteroatoms. The second kappa shape index (κ2) is 3.46. The maximum Gasteiger partial charge on any atom is 0.419 e. The molecule has 1 aromatic heterocycles. The maximum absolute atomic E-state index is 11.8. The van der Waals surface area contributed by atoms with Crippen LogP contribution in [0.4, 0.5) is 0 Å². The smallest absolute Gasteiger partial charge is 0.408 e. The van der Waals surface area contributed by atoms with E-state index in [1.54, 1.807) is 19.2 Å². The Morgan fingerprint density at radius 2 is 2.22 bits per heavy atom. The summed E-state index contributed by atoms with van der Waals surface area (Å²) in [6, 6.07) is 5.39. The van der Waals surface area contributed by atoms with Crippen LogP contribution in [0.25, 0.3) is 11.1 Å². The minimum absolute atomic E-state index is 0.194. The van der Waals surface area contributed by atoms with Gasteiger partial charge in [0.1, 0.15) is 0 Å². The van der Waals surface area contributed by atoms with Gasteiger partial charge in [-0.15, -0.1) is 0 Å². The molecular weight excluding hydrogens is 234 g/mol. The van der Waals surface area contributed by atoms with E-state index in [9.17, 15) is 9.59 Å². The molecule has 1 fully saturated rings. The van der Waals surface area contributed by atoms with Gasteiger partial charge in [-0.2, -0.15) is 0 Å². The number of aryl methyl sites for hydroxylation is 1. The number of benzene rings is 1. The van der Waals surface area contributed by atoms with Crippen molar-refractivity contribution in [2.75, 3.05) is 0 Å². The average Bonchev–Trinajstić information content (AvgIpc) is 3.13.